The average Bonchev–Trinajstić information content (AvgIpc) is 2.72. The largest absolute Gasteiger partial charge is 0.490 e. The number of hydrogen-bond donors (Lipinski definition) is 0. The fourth-order valence-electron chi connectivity index (χ4n) is 3.13. The second kappa shape index (κ2) is 13.7. The van der Waals surface area contributed by atoms with Crippen molar-refractivity contribution in [3.63, 3.8) is 0 Å². The van der Waals surface area contributed by atoms with Gasteiger partial charge in [0.1, 0.15) is 28.4 Å². The van der Waals surface area contributed by atoms with Gasteiger partial charge in [-0.2, -0.15) is 0 Å². The Labute approximate surface area is 240 Å². The molecule has 9 nitrogen and oxygen atoms in total. The molecular formula is C28H44BrFN2O7. The minimum Gasteiger partial charge on any atom is -0.490 e. The highest BCUT2D eigenvalue weighted by atomic mass is 79.9. The Hall–Kier alpha value is -2.56. The fourth-order valence-corrected chi connectivity index (χ4v) is 3.59. The Balaban J connectivity index is 3.12. The van der Waals surface area contributed by atoms with Crippen molar-refractivity contribution < 1.29 is 37.7 Å². The van der Waals surface area contributed by atoms with Gasteiger partial charge in [-0.05, 0) is 104 Å². The number of nitrogens with zero attached hydrogens (tertiary/aromatic N) is 2. The van der Waals surface area contributed by atoms with Gasteiger partial charge < -0.3 is 23.8 Å². The molecule has 0 aliphatic heterocycles. The molecule has 1 atom stereocenters. The topological polar surface area (TPSA) is 94.6 Å². The van der Waals surface area contributed by atoms with Gasteiger partial charge in [0.05, 0.1) is 17.1 Å². The first-order chi connectivity index (χ1) is 17.6. The molecule has 0 fully saturated rings. The van der Waals surface area contributed by atoms with E-state index in [0.29, 0.717) is 17.9 Å². The lowest BCUT2D eigenvalue weighted by Gasteiger charge is -2.29. The number of amides is 3. The molecule has 222 valence electrons. The highest BCUT2D eigenvalue weighted by Crippen LogP contribution is 2.32. The van der Waals surface area contributed by atoms with Crippen molar-refractivity contribution in [2.24, 2.45) is 0 Å². The molecule has 39 heavy (non-hydrogen) atoms. The van der Waals surface area contributed by atoms with Gasteiger partial charge in [-0.25, -0.2) is 23.7 Å². The average molecular weight is 620 g/mol. The lowest BCUT2D eigenvalue weighted by molar-refractivity contribution is -0.000202. The maximum Gasteiger partial charge on any atom is 0.419 e. The standard InChI is InChI=1S/C28H44BrFN2O7/c1-12-31(23(33)37-26(3,4)5)17-19-21(14-13-20(30)22(19)29)36-18(2)15-16-32(24(34)38-27(6,7)8)25(35)39-28(9,10)11/h13-14,18H,12,15-17H2,1-11H3/t18-/m0/s1. The van der Waals surface area contributed by atoms with Gasteiger partial charge in [-0.15, -0.1) is 0 Å². The summed E-state index contributed by atoms with van der Waals surface area (Å²) in [6, 6.07) is 2.74. The van der Waals surface area contributed by atoms with E-state index in [1.165, 1.54) is 17.0 Å². The summed E-state index contributed by atoms with van der Waals surface area (Å²) in [4.78, 5) is 40.6. The van der Waals surface area contributed by atoms with E-state index in [1.54, 1.807) is 76.2 Å². The molecule has 0 saturated carbocycles. The number of hydrogen-bond acceptors (Lipinski definition) is 7. The highest BCUT2D eigenvalue weighted by molar-refractivity contribution is 9.10. The van der Waals surface area contributed by atoms with Gasteiger partial charge in [0.25, 0.3) is 0 Å². The van der Waals surface area contributed by atoms with E-state index in [1.807, 2.05) is 0 Å². The first-order valence-corrected chi connectivity index (χ1v) is 13.8. The van der Waals surface area contributed by atoms with E-state index in [9.17, 15) is 18.8 Å². The van der Waals surface area contributed by atoms with Crippen molar-refractivity contribution in [1.29, 1.82) is 0 Å². The highest BCUT2D eigenvalue weighted by Gasteiger charge is 2.32. The fraction of sp³-hybridized carbons (Fsp3) is 0.679. The molecule has 0 spiro atoms. The second-order valence-corrected chi connectivity index (χ2v) is 13.0. The smallest absolute Gasteiger partial charge is 0.419 e. The predicted octanol–water partition coefficient (Wildman–Crippen LogP) is 7.67. The molecule has 0 bridgehead atoms. The first kappa shape index (κ1) is 34.5. The summed E-state index contributed by atoms with van der Waals surface area (Å²) in [6.07, 6.45) is -2.47. The molecule has 0 heterocycles. The minimum absolute atomic E-state index is 0.0355. The van der Waals surface area contributed by atoms with Gasteiger partial charge in [0.2, 0.25) is 0 Å². The van der Waals surface area contributed by atoms with Crippen molar-refractivity contribution in [3.8, 4) is 5.75 Å². The van der Waals surface area contributed by atoms with Crippen LogP contribution in [0.3, 0.4) is 0 Å². The molecule has 0 N–H and O–H groups in total. The Morgan fingerprint density at radius 1 is 0.872 bits per heavy atom. The van der Waals surface area contributed by atoms with Crippen LogP contribution < -0.4 is 4.74 Å². The van der Waals surface area contributed by atoms with Crippen molar-refractivity contribution in [2.75, 3.05) is 13.1 Å². The van der Waals surface area contributed by atoms with Crippen LogP contribution in [0.25, 0.3) is 0 Å². The van der Waals surface area contributed by atoms with E-state index >= 15 is 0 Å². The van der Waals surface area contributed by atoms with Crippen LogP contribution in [-0.2, 0) is 20.8 Å². The zero-order valence-corrected chi connectivity index (χ0v) is 26.7. The lowest BCUT2D eigenvalue weighted by atomic mass is 10.1. The van der Waals surface area contributed by atoms with Gasteiger partial charge in [0, 0.05) is 25.1 Å². The zero-order valence-electron chi connectivity index (χ0n) is 25.1. The quantitative estimate of drug-likeness (QED) is 0.276. The molecule has 3 amide bonds. The molecule has 1 aromatic rings. The maximum absolute atomic E-state index is 14.5. The van der Waals surface area contributed by atoms with Crippen LogP contribution in [0.5, 0.6) is 5.75 Å². The first-order valence-electron chi connectivity index (χ1n) is 13.0. The number of halogens is 2. The van der Waals surface area contributed by atoms with Crippen molar-refractivity contribution in [1.82, 2.24) is 9.80 Å². The maximum atomic E-state index is 14.5. The third-order valence-corrected chi connectivity index (χ3v) is 5.71. The van der Waals surface area contributed by atoms with E-state index in [4.69, 9.17) is 18.9 Å². The van der Waals surface area contributed by atoms with Crippen molar-refractivity contribution >= 4 is 34.2 Å². The van der Waals surface area contributed by atoms with Crippen LogP contribution in [0.1, 0.15) is 88.1 Å². The van der Waals surface area contributed by atoms with Gasteiger partial charge in [0.15, 0.2) is 0 Å². The van der Waals surface area contributed by atoms with Gasteiger partial charge >= 0.3 is 18.3 Å². The molecular weight excluding hydrogens is 575 g/mol. The summed E-state index contributed by atoms with van der Waals surface area (Å²) in [5.41, 5.74) is -1.89. The molecule has 11 heteroatoms. The molecule has 0 saturated heterocycles. The third kappa shape index (κ3) is 12.4. The minimum atomic E-state index is -0.829. The number of imide groups is 1. The second-order valence-electron chi connectivity index (χ2n) is 12.2. The molecule has 1 rings (SSSR count). The Kier molecular flexibility index (Phi) is 12.1. The molecule has 0 radical (unpaired) electrons. The summed E-state index contributed by atoms with van der Waals surface area (Å²) < 4.78 is 37.0. The monoisotopic (exact) mass is 618 g/mol. The van der Waals surface area contributed by atoms with Crippen LogP contribution >= 0.6 is 15.9 Å². The summed E-state index contributed by atoms with van der Waals surface area (Å²) >= 11 is 3.28. The molecule has 1 aromatic carbocycles. The summed E-state index contributed by atoms with van der Waals surface area (Å²) in [5.74, 6) is -0.162. The lowest BCUT2D eigenvalue weighted by Crippen LogP contribution is -2.44. The Bertz CT molecular complexity index is 985. The number of carbonyl (C=O) groups is 3. The Morgan fingerprint density at radius 3 is 1.77 bits per heavy atom. The predicted molar refractivity (Wildman–Crippen MR) is 150 cm³/mol. The molecule has 0 aromatic heterocycles. The molecule has 0 aliphatic rings. The van der Waals surface area contributed by atoms with Crippen LogP contribution in [-0.4, -0.2) is 64.1 Å². The van der Waals surface area contributed by atoms with Crippen molar-refractivity contribution in [3.05, 3.63) is 28.0 Å². The van der Waals surface area contributed by atoms with Gasteiger partial charge in [-0.3, -0.25) is 0 Å². The van der Waals surface area contributed by atoms with Crippen molar-refractivity contribution in [2.45, 2.75) is 112 Å². The molecule has 0 unspecified atom stereocenters. The van der Waals surface area contributed by atoms with Crippen LogP contribution in [0.2, 0.25) is 0 Å². The van der Waals surface area contributed by atoms with Crippen LogP contribution in [0.15, 0.2) is 16.6 Å². The number of benzene rings is 1. The summed E-state index contributed by atoms with van der Waals surface area (Å²) in [7, 11) is 0. The number of carbonyl (C=O) groups excluding carboxylic acids is 3. The zero-order chi connectivity index (χ0) is 30.3. The van der Waals surface area contributed by atoms with E-state index in [0.717, 1.165) is 4.90 Å². The summed E-state index contributed by atoms with van der Waals surface area (Å²) in [5, 5.41) is 0. The van der Waals surface area contributed by atoms with E-state index in [2.05, 4.69) is 15.9 Å². The van der Waals surface area contributed by atoms with E-state index in [-0.39, 0.29) is 24.0 Å². The molecule has 0 aliphatic carbocycles. The number of ether oxygens (including phenoxy) is 4. The normalized spacial score (nSPS) is 12.8. The number of rotatable bonds is 8. The SMILES string of the molecule is CCN(Cc1c(O[C@@H](C)CCN(C(=O)OC(C)(C)C)C(=O)OC(C)(C)C)ccc(F)c1Br)C(=O)OC(C)(C)C. The third-order valence-electron chi connectivity index (χ3n) is 4.85. The summed E-state index contributed by atoms with van der Waals surface area (Å²) in [6.45, 7) is 19.4. The van der Waals surface area contributed by atoms with Crippen LogP contribution in [0.4, 0.5) is 18.8 Å². The van der Waals surface area contributed by atoms with Gasteiger partial charge in [-0.1, -0.05) is 0 Å². The Morgan fingerprint density at radius 2 is 1.33 bits per heavy atom. The van der Waals surface area contributed by atoms with Crippen LogP contribution in [0, 0.1) is 5.82 Å². The van der Waals surface area contributed by atoms with E-state index < -0.39 is 47.0 Å².